The Bertz CT molecular complexity index is 997. The quantitative estimate of drug-likeness (QED) is 0.451. The molecule has 2 aromatic carbocycles. The number of aryl methyl sites for hydroxylation is 1. The number of hydrogen-bond acceptors (Lipinski definition) is 4. The predicted molar refractivity (Wildman–Crippen MR) is 114 cm³/mol. The number of amides is 1. The molecule has 0 unspecified atom stereocenters. The Morgan fingerprint density at radius 2 is 1.80 bits per heavy atom. The highest BCUT2D eigenvalue weighted by Crippen LogP contribution is 2.36. The average molecular weight is 481 g/mol. The van der Waals surface area contributed by atoms with Gasteiger partial charge >= 0.3 is 6.18 Å². The van der Waals surface area contributed by atoms with Gasteiger partial charge < -0.3 is 5.32 Å². The van der Waals surface area contributed by atoms with Gasteiger partial charge in [0.05, 0.1) is 22.5 Å². The van der Waals surface area contributed by atoms with Crippen LogP contribution in [0, 0.1) is 6.92 Å². The minimum Gasteiger partial charge on any atom is -0.354 e. The number of nitrogens with zero attached hydrogens (tertiary/aromatic N) is 1. The highest BCUT2D eigenvalue weighted by atomic mass is 35.5. The molecule has 0 heterocycles. The second kappa shape index (κ2) is 9.93. The fourth-order valence-electron chi connectivity index (χ4n) is 2.44. The van der Waals surface area contributed by atoms with Crippen LogP contribution in [0.5, 0.6) is 0 Å². The first-order chi connectivity index (χ1) is 13.9. The summed E-state index contributed by atoms with van der Waals surface area (Å²) in [6, 6.07) is 10.1. The van der Waals surface area contributed by atoms with E-state index in [0.717, 1.165) is 28.8 Å². The van der Waals surface area contributed by atoms with E-state index in [1.165, 1.54) is 11.8 Å². The van der Waals surface area contributed by atoms with E-state index in [0.29, 0.717) is 16.1 Å². The standard InChI is InChI=1S/C19H20ClF3N2O3S2/c1-13-3-6-15(7-4-13)29-10-9-24-18(26)12-25(30(2,27)28)17-11-14(19(21,22)23)5-8-16(17)20/h3-8,11H,9-10,12H2,1-2H3,(H,24,26). The van der Waals surface area contributed by atoms with E-state index in [4.69, 9.17) is 11.6 Å². The van der Waals surface area contributed by atoms with Crippen LogP contribution in [0.15, 0.2) is 47.4 Å². The van der Waals surface area contributed by atoms with Gasteiger partial charge in [0.2, 0.25) is 15.9 Å². The molecule has 2 aromatic rings. The largest absolute Gasteiger partial charge is 0.416 e. The third kappa shape index (κ3) is 7.10. The lowest BCUT2D eigenvalue weighted by Gasteiger charge is -2.24. The van der Waals surface area contributed by atoms with E-state index in [-0.39, 0.29) is 11.6 Å². The first-order valence-corrected chi connectivity index (χ1v) is 11.9. The Morgan fingerprint density at radius 1 is 1.17 bits per heavy atom. The topological polar surface area (TPSA) is 66.5 Å². The van der Waals surface area contributed by atoms with E-state index in [9.17, 15) is 26.4 Å². The summed E-state index contributed by atoms with van der Waals surface area (Å²) >= 11 is 7.43. The number of rotatable bonds is 8. The summed E-state index contributed by atoms with van der Waals surface area (Å²) in [5.41, 5.74) is -0.342. The molecule has 0 fully saturated rings. The Hall–Kier alpha value is -1.91. The summed E-state index contributed by atoms with van der Waals surface area (Å²) in [4.78, 5) is 13.2. The highest BCUT2D eigenvalue weighted by Gasteiger charge is 2.33. The molecule has 2 rings (SSSR count). The molecule has 5 nitrogen and oxygen atoms in total. The van der Waals surface area contributed by atoms with E-state index in [1.54, 1.807) is 0 Å². The van der Waals surface area contributed by atoms with Crippen molar-refractivity contribution in [1.29, 1.82) is 0 Å². The Balaban J connectivity index is 2.05. The van der Waals surface area contributed by atoms with Gasteiger partial charge in [-0.15, -0.1) is 11.8 Å². The van der Waals surface area contributed by atoms with Crippen LogP contribution < -0.4 is 9.62 Å². The van der Waals surface area contributed by atoms with Crippen LogP contribution in [0.3, 0.4) is 0 Å². The molecule has 0 spiro atoms. The molecule has 0 aromatic heterocycles. The number of hydrogen-bond donors (Lipinski definition) is 1. The molecule has 0 aliphatic heterocycles. The van der Waals surface area contributed by atoms with Crippen molar-refractivity contribution in [3.05, 3.63) is 58.6 Å². The average Bonchev–Trinajstić information content (AvgIpc) is 2.63. The molecule has 164 valence electrons. The molecule has 1 amide bonds. The summed E-state index contributed by atoms with van der Waals surface area (Å²) < 4.78 is 63.8. The van der Waals surface area contributed by atoms with Crippen molar-refractivity contribution < 1.29 is 26.4 Å². The second-order valence-electron chi connectivity index (χ2n) is 6.45. The van der Waals surface area contributed by atoms with Gasteiger partial charge in [-0.1, -0.05) is 29.3 Å². The third-order valence-corrected chi connectivity index (χ3v) is 6.40. The minimum atomic E-state index is -4.68. The molecule has 0 aliphatic rings. The number of sulfonamides is 1. The Morgan fingerprint density at radius 3 is 2.37 bits per heavy atom. The Kier molecular flexibility index (Phi) is 8.06. The van der Waals surface area contributed by atoms with E-state index >= 15 is 0 Å². The summed E-state index contributed by atoms with van der Waals surface area (Å²) in [5, 5.41) is 2.36. The van der Waals surface area contributed by atoms with E-state index in [1.807, 2.05) is 31.2 Å². The van der Waals surface area contributed by atoms with Crippen LogP contribution in [0.25, 0.3) is 0 Å². The van der Waals surface area contributed by atoms with Gasteiger partial charge in [0, 0.05) is 17.2 Å². The van der Waals surface area contributed by atoms with Crippen molar-refractivity contribution in [3.8, 4) is 0 Å². The monoisotopic (exact) mass is 480 g/mol. The number of nitrogens with one attached hydrogen (secondary N) is 1. The zero-order valence-corrected chi connectivity index (χ0v) is 18.6. The van der Waals surface area contributed by atoms with Crippen molar-refractivity contribution in [2.75, 3.05) is 29.4 Å². The fourth-order valence-corrected chi connectivity index (χ4v) is 4.34. The molecule has 1 N–H and O–H groups in total. The minimum absolute atomic E-state index is 0.212. The van der Waals surface area contributed by atoms with E-state index < -0.39 is 39.9 Å². The van der Waals surface area contributed by atoms with Gasteiger partial charge in [-0.25, -0.2) is 8.42 Å². The van der Waals surface area contributed by atoms with Crippen LogP contribution in [0.1, 0.15) is 11.1 Å². The summed E-state index contributed by atoms with van der Waals surface area (Å²) in [6.45, 7) is 1.54. The van der Waals surface area contributed by atoms with E-state index in [2.05, 4.69) is 5.32 Å². The van der Waals surface area contributed by atoms with Crippen molar-refractivity contribution >= 4 is 45.0 Å². The molecular weight excluding hydrogens is 461 g/mol. The molecule has 30 heavy (non-hydrogen) atoms. The summed E-state index contributed by atoms with van der Waals surface area (Å²) in [5.74, 6) is -0.115. The number of carbonyl (C=O) groups is 1. The van der Waals surface area contributed by atoms with Crippen LogP contribution >= 0.6 is 23.4 Å². The van der Waals surface area contributed by atoms with Crippen molar-refractivity contribution in [2.24, 2.45) is 0 Å². The lowest BCUT2D eigenvalue weighted by molar-refractivity contribution is -0.137. The van der Waals surface area contributed by atoms with Gasteiger partial charge in [0.1, 0.15) is 6.54 Å². The first-order valence-electron chi connectivity index (χ1n) is 8.68. The smallest absolute Gasteiger partial charge is 0.354 e. The molecule has 0 saturated carbocycles. The molecule has 0 atom stereocenters. The van der Waals surface area contributed by atoms with Gasteiger partial charge in [0.15, 0.2) is 0 Å². The maximum atomic E-state index is 13.0. The van der Waals surface area contributed by atoms with Crippen LogP contribution in [-0.2, 0) is 21.0 Å². The lowest BCUT2D eigenvalue weighted by Crippen LogP contribution is -2.41. The summed E-state index contributed by atoms with van der Waals surface area (Å²) in [7, 11) is -4.06. The number of thioether (sulfide) groups is 1. The second-order valence-corrected chi connectivity index (χ2v) is 9.93. The van der Waals surface area contributed by atoms with Crippen molar-refractivity contribution in [3.63, 3.8) is 0 Å². The number of benzene rings is 2. The number of carbonyl (C=O) groups excluding carboxylic acids is 1. The zero-order valence-electron chi connectivity index (χ0n) is 16.2. The van der Waals surface area contributed by atoms with Crippen LogP contribution in [0.2, 0.25) is 5.02 Å². The van der Waals surface area contributed by atoms with Crippen molar-refractivity contribution in [2.45, 2.75) is 18.0 Å². The zero-order chi connectivity index (χ0) is 22.5. The highest BCUT2D eigenvalue weighted by molar-refractivity contribution is 7.99. The molecule has 0 bridgehead atoms. The Labute approximate surface area is 182 Å². The summed E-state index contributed by atoms with van der Waals surface area (Å²) in [6.07, 6.45) is -3.89. The predicted octanol–water partition coefficient (Wildman–Crippen LogP) is 4.34. The first kappa shape index (κ1) is 24.4. The van der Waals surface area contributed by atoms with Crippen LogP contribution in [-0.4, -0.2) is 39.4 Å². The van der Waals surface area contributed by atoms with Crippen molar-refractivity contribution in [1.82, 2.24) is 5.32 Å². The van der Waals surface area contributed by atoms with Crippen LogP contribution in [0.4, 0.5) is 18.9 Å². The molecule has 0 aliphatic carbocycles. The normalized spacial score (nSPS) is 11.9. The van der Waals surface area contributed by atoms with Gasteiger partial charge in [-0.3, -0.25) is 9.10 Å². The number of halogens is 4. The number of anilines is 1. The van der Waals surface area contributed by atoms with Gasteiger partial charge in [0.25, 0.3) is 0 Å². The number of alkyl halides is 3. The third-order valence-electron chi connectivity index (χ3n) is 3.94. The molecule has 0 radical (unpaired) electrons. The molecular formula is C19H20ClF3N2O3S2. The fraction of sp³-hybridized carbons (Fsp3) is 0.316. The van der Waals surface area contributed by atoms with Gasteiger partial charge in [-0.05, 0) is 37.3 Å². The maximum Gasteiger partial charge on any atom is 0.416 e. The molecule has 11 heteroatoms. The molecule has 0 saturated heterocycles. The maximum absolute atomic E-state index is 13.0. The SMILES string of the molecule is Cc1ccc(SCCNC(=O)CN(c2cc(C(F)(F)F)ccc2Cl)S(C)(=O)=O)cc1. The lowest BCUT2D eigenvalue weighted by atomic mass is 10.2. The van der Waals surface area contributed by atoms with Gasteiger partial charge in [-0.2, -0.15) is 13.2 Å².